The van der Waals surface area contributed by atoms with Crippen LogP contribution in [0.15, 0.2) is 48.5 Å². The number of methoxy groups -OCH3 is 1. The fourth-order valence-corrected chi connectivity index (χ4v) is 4.06. The highest BCUT2D eigenvalue weighted by Gasteiger charge is 2.37. The van der Waals surface area contributed by atoms with E-state index in [1.807, 2.05) is 29.2 Å². The number of anilines is 1. The number of piperazine rings is 1. The van der Waals surface area contributed by atoms with Crippen LogP contribution in [0.2, 0.25) is 0 Å². The highest BCUT2D eigenvalue weighted by atomic mass is 16.6. The molecule has 2 saturated heterocycles. The first-order chi connectivity index (χ1) is 14.6. The van der Waals surface area contributed by atoms with Crippen LogP contribution >= 0.6 is 0 Å². The lowest BCUT2D eigenvalue weighted by Crippen LogP contribution is -2.51. The standard InChI is InChI=1S/C21H25N5O4/c1-30-18-8-6-16(7-9-18)24-10-12-25(13-11-24)21(27)19-14-22-23-20(19)15-2-4-17(5-3-15)26(28)29/h2-9,19-20,22-23H,10-14H2,1H3. The number of hydrogen-bond acceptors (Lipinski definition) is 7. The van der Waals surface area contributed by atoms with Gasteiger partial charge in [0.05, 0.1) is 24.0 Å². The number of hydrogen-bond donors (Lipinski definition) is 2. The van der Waals surface area contributed by atoms with E-state index in [1.165, 1.54) is 12.1 Å². The fourth-order valence-electron chi connectivity index (χ4n) is 4.06. The Morgan fingerprint density at radius 3 is 2.33 bits per heavy atom. The monoisotopic (exact) mass is 411 g/mol. The Balaban J connectivity index is 1.38. The Labute approximate surface area is 174 Å². The number of non-ortho nitro benzene ring substituents is 1. The molecule has 9 heteroatoms. The van der Waals surface area contributed by atoms with Gasteiger partial charge in [0.15, 0.2) is 0 Å². The second-order valence-corrected chi connectivity index (χ2v) is 7.47. The van der Waals surface area contributed by atoms with E-state index in [-0.39, 0.29) is 23.6 Å². The lowest BCUT2D eigenvalue weighted by Gasteiger charge is -2.37. The highest BCUT2D eigenvalue weighted by molar-refractivity contribution is 5.81. The van der Waals surface area contributed by atoms with Crippen LogP contribution < -0.4 is 20.5 Å². The molecule has 158 valence electrons. The second-order valence-electron chi connectivity index (χ2n) is 7.47. The topological polar surface area (TPSA) is 100.0 Å². The summed E-state index contributed by atoms with van der Waals surface area (Å²) in [5.41, 5.74) is 8.24. The van der Waals surface area contributed by atoms with Crippen LogP contribution in [-0.4, -0.2) is 55.6 Å². The summed E-state index contributed by atoms with van der Waals surface area (Å²) in [7, 11) is 1.65. The number of carbonyl (C=O) groups is 1. The van der Waals surface area contributed by atoms with Crippen molar-refractivity contribution in [3.8, 4) is 5.75 Å². The van der Waals surface area contributed by atoms with E-state index in [4.69, 9.17) is 4.74 Å². The summed E-state index contributed by atoms with van der Waals surface area (Å²) < 4.78 is 5.21. The molecule has 0 spiro atoms. The number of carbonyl (C=O) groups excluding carboxylic acids is 1. The molecule has 2 N–H and O–H groups in total. The van der Waals surface area contributed by atoms with Gasteiger partial charge in [0.1, 0.15) is 5.75 Å². The summed E-state index contributed by atoms with van der Waals surface area (Å²) in [5, 5.41) is 10.9. The zero-order valence-corrected chi connectivity index (χ0v) is 16.8. The predicted octanol–water partition coefficient (Wildman–Crippen LogP) is 1.72. The third kappa shape index (κ3) is 4.07. The van der Waals surface area contributed by atoms with Gasteiger partial charge in [-0.2, -0.15) is 0 Å². The summed E-state index contributed by atoms with van der Waals surface area (Å²) >= 11 is 0. The molecule has 0 aliphatic carbocycles. The molecule has 0 bridgehead atoms. The molecule has 2 heterocycles. The summed E-state index contributed by atoms with van der Waals surface area (Å²) in [6, 6.07) is 14.1. The Morgan fingerprint density at radius 2 is 1.73 bits per heavy atom. The van der Waals surface area contributed by atoms with Crippen molar-refractivity contribution in [2.45, 2.75) is 6.04 Å². The van der Waals surface area contributed by atoms with E-state index in [1.54, 1.807) is 19.2 Å². The number of benzene rings is 2. The van der Waals surface area contributed by atoms with Crippen LogP contribution in [0, 0.1) is 16.0 Å². The van der Waals surface area contributed by atoms with Crippen molar-refractivity contribution in [2.75, 3.05) is 44.7 Å². The minimum Gasteiger partial charge on any atom is -0.497 e. The third-order valence-corrected chi connectivity index (χ3v) is 5.79. The van der Waals surface area contributed by atoms with Gasteiger partial charge in [-0.05, 0) is 29.8 Å². The van der Waals surface area contributed by atoms with E-state index in [2.05, 4.69) is 15.8 Å². The van der Waals surface area contributed by atoms with E-state index in [9.17, 15) is 14.9 Å². The van der Waals surface area contributed by atoms with Crippen molar-refractivity contribution >= 4 is 17.3 Å². The summed E-state index contributed by atoms with van der Waals surface area (Å²) in [5.74, 6) is 0.676. The number of hydrazine groups is 1. The molecule has 2 atom stereocenters. The number of nitro groups is 1. The van der Waals surface area contributed by atoms with Crippen LogP contribution in [-0.2, 0) is 4.79 Å². The number of ether oxygens (including phenoxy) is 1. The first kappa shape index (κ1) is 20.1. The normalized spacial score (nSPS) is 21.5. The Hall–Kier alpha value is -3.17. The lowest BCUT2D eigenvalue weighted by molar-refractivity contribution is -0.384. The number of nitrogens with zero attached hydrogens (tertiary/aromatic N) is 3. The molecule has 2 aliphatic heterocycles. The molecule has 2 aliphatic rings. The largest absolute Gasteiger partial charge is 0.497 e. The maximum Gasteiger partial charge on any atom is 0.269 e. The Kier molecular flexibility index (Phi) is 5.82. The molecule has 2 aromatic carbocycles. The van der Waals surface area contributed by atoms with Gasteiger partial charge in [-0.3, -0.25) is 20.3 Å². The molecule has 2 aromatic rings. The van der Waals surface area contributed by atoms with Gasteiger partial charge in [-0.25, -0.2) is 5.43 Å². The molecule has 1 amide bonds. The molecule has 2 unspecified atom stereocenters. The van der Waals surface area contributed by atoms with Crippen molar-refractivity contribution < 1.29 is 14.5 Å². The van der Waals surface area contributed by atoms with Gasteiger partial charge >= 0.3 is 0 Å². The molecular weight excluding hydrogens is 386 g/mol. The summed E-state index contributed by atoms with van der Waals surface area (Å²) in [6.07, 6.45) is 0. The zero-order chi connectivity index (χ0) is 21.1. The highest BCUT2D eigenvalue weighted by Crippen LogP contribution is 2.29. The van der Waals surface area contributed by atoms with Gasteiger partial charge < -0.3 is 14.5 Å². The molecular formula is C21H25N5O4. The number of nitrogens with one attached hydrogen (secondary N) is 2. The van der Waals surface area contributed by atoms with Gasteiger partial charge in [0.25, 0.3) is 5.69 Å². The molecule has 9 nitrogen and oxygen atoms in total. The van der Waals surface area contributed by atoms with Crippen LogP contribution in [0.1, 0.15) is 11.6 Å². The first-order valence-electron chi connectivity index (χ1n) is 9.97. The molecule has 2 fully saturated rings. The number of amides is 1. The SMILES string of the molecule is COc1ccc(N2CCN(C(=O)C3CNNC3c3ccc([N+](=O)[O-])cc3)CC2)cc1. The predicted molar refractivity (Wildman–Crippen MR) is 112 cm³/mol. The first-order valence-corrected chi connectivity index (χ1v) is 9.97. The van der Waals surface area contributed by atoms with Crippen molar-refractivity contribution in [3.05, 3.63) is 64.2 Å². The maximum absolute atomic E-state index is 13.2. The molecule has 0 saturated carbocycles. The van der Waals surface area contributed by atoms with Gasteiger partial charge in [0.2, 0.25) is 5.91 Å². The van der Waals surface area contributed by atoms with Crippen molar-refractivity contribution in [3.63, 3.8) is 0 Å². The van der Waals surface area contributed by atoms with E-state index >= 15 is 0 Å². The van der Waals surface area contributed by atoms with E-state index < -0.39 is 4.92 Å². The lowest BCUT2D eigenvalue weighted by atomic mass is 9.93. The Bertz CT molecular complexity index is 895. The number of rotatable bonds is 5. The van der Waals surface area contributed by atoms with E-state index in [0.29, 0.717) is 19.6 Å². The quantitative estimate of drug-likeness (QED) is 0.571. The van der Waals surface area contributed by atoms with Gasteiger partial charge in [-0.1, -0.05) is 12.1 Å². The molecule has 4 rings (SSSR count). The Morgan fingerprint density at radius 1 is 1.07 bits per heavy atom. The maximum atomic E-state index is 13.2. The van der Waals surface area contributed by atoms with Crippen LogP contribution in [0.5, 0.6) is 5.75 Å². The van der Waals surface area contributed by atoms with Crippen molar-refractivity contribution in [1.29, 1.82) is 0 Å². The summed E-state index contributed by atoms with van der Waals surface area (Å²) in [4.78, 5) is 27.8. The van der Waals surface area contributed by atoms with E-state index in [0.717, 1.165) is 30.1 Å². The van der Waals surface area contributed by atoms with Crippen molar-refractivity contribution in [2.24, 2.45) is 5.92 Å². The second kappa shape index (κ2) is 8.68. The average Bonchev–Trinajstić information content (AvgIpc) is 3.29. The van der Waals surface area contributed by atoms with Crippen molar-refractivity contribution in [1.82, 2.24) is 15.8 Å². The van der Waals surface area contributed by atoms with Crippen LogP contribution in [0.3, 0.4) is 0 Å². The zero-order valence-electron chi connectivity index (χ0n) is 16.8. The minimum atomic E-state index is -0.422. The van der Waals surface area contributed by atoms with Gasteiger partial charge in [0, 0.05) is 50.5 Å². The smallest absolute Gasteiger partial charge is 0.269 e. The average molecular weight is 411 g/mol. The third-order valence-electron chi connectivity index (χ3n) is 5.79. The summed E-state index contributed by atoms with van der Waals surface area (Å²) in [6.45, 7) is 3.39. The molecule has 0 radical (unpaired) electrons. The molecule has 30 heavy (non-hydrogen) atoms. The van der Waals surface area contributed by atoms with Gasteiger partial charge in [-0.15, -0.1) is 0 Å². The van der Waals surface area contributed by atoms with Crippen LogP contribution in [0.25, 0.3) is 0 Å². The van der Waals surface area contributed by atoms with Crippen LogP contribution in [0.4, 0.5) is 11.4 Å². The minimum absolute atomic E-state index is 0.0437. The fraction of sp³-hybridized carbons (Fsp3) is 0.381. The number of nitro benzene ring substituents is 1. The molecule has 0 aromatic heterocycles.